The molecule has 0 fully saturated rings. The smallest absolute Gasteiger partial charge is 0.0849 e. The molecule has 3 rings (SSSR count). The molecule has 1 aromatic heterocycles. The lowest BCUT2D eigenvalue weighted by Gasteiger charge is -2.28. The Hall–Kier alpha value is -3.07. The minimum Gasteiger partial charge on any atom is -0.251 e. The number of nitrogens with zero attached hydrogens (tertiary/aromatic N) is 3. The van der Waals surface area contributed by atoms with E-state index in [1.807, 2.05) is 0 Å². The van der Waals surface area contributed by atoms with Gasteiger partial charge < -0.3 is 0 Å². The van der Waals surface area contributed by atoms with Crippen LogP contribution < -0.4 is 0 Å². The van der Waals surface area contributed by atoms with E-state index >= 15 is 0 Å². The van der Waals surface area contributed by atoms with Crippen molar-refractivity contribution in [2.45, 2.75) is 119 Å². The van der Waals surface area contributed by atoms with Crippen molar-refractivity contribution in [1.82, 2.24) is 4.98 Å². The van der Waals surface area contributed by atoms with Crippen molar-refractivity contribution < 1.29 is 0 Å². The fourth-order valence-electron chi connectivity index (χ4n) is 5.04. The summed E-state index contributed by atoms with van der Waals surface area (Å²) in [4.78, 5) is 15.6. The van der Waals surface area contributed by atoms with Crippen molar-refractivity contribution in [2.24, 2.45) is 9.98 Å². The number of rotatable bonds is 4. The van der Waals surface area contributed by atoms with Crippen LogP contribution in [0.3, 0.4) is 0 Å². The molecule has 3 nitrogen and oxygen atoms in total. The van der Waals surface area contributed by atoms with Gasteiger partial charge in [-0.2, -0.15) is 0 Å². The van der Waals surface area contributed by atoms with E-state index in [-0.39, 0.29) is 21.7 Å². The molecule has 0 saturated heterocycles. The Kier molecular flexibility index (Phi) is 8.71. The van der Waals surface area contributed by atoms with Crippen molar-refractivity contribution in [3.63, 3.8) is 0 Å². The van der Waals surface area contributed by atoms with Crippen LogP contribution in [0, 0.1) is 0 Å². The van der Waals surface area contributed by atoms with Crippen LogP contribution in [0.1, 0.15) is 131 Å². The first-order chi connectivity index (χ1) is 18.2. The van der Waals surface area contributed by atoms with Gasteiger partial charge in [0.1, 0.15) is 0 Å². The quantitative estimate of drug-likeness (QED) is 0.305. The largest absolute Gasteiger partial charge is 0.251 e. The number of benzene rings is 2. The summed E-state index contributed by atoms with van der Waals surface area (Å²) in [6.45, 7) is 31.2. The average molecular weight is 538 g/mol. The maximum atomic E-state index is 5.25. The molecule has 0 aliphatic rings. The van der Waals surface area contributed by atoms with Gasteiger partial charge in [0.05, 0.1) is 34.2 Å². The van der Waals surface area contributed by atoms with Crippen molar-refractivity contribution in [1.29, 1.82) is 0 Å². The molecule has 0 spiro atoms. The lowest BCUT2D eigenvalue weighted by Crippen LogP contribution is -2.17. The van der Waals surface area contributed by atoms with Crippen LogP contribution in [-0.2, 0) is 21.7 Å². The van der Waals surface area contributed by atoms with E-state index in [0.29, 0.717) is 0 Å². The third kappa shape index (κ3) is 7.16. The minimum atomic E-state index is -0.0237. The molecule has 0 bridgehead atoms. The number of hydrogen-bond acceptors (Lipinski definition) is 3. The molecule has 0 amide bonds. The number of para-hydroxylation sites is 2. The van der Waals surface area contributed by atoms with Crippen LogP contribution in [-0.4, -0.2) is 16.4 Å². The summed E-state index contributed by atoms with van der Waals surface area (Å²) in [5.41, 5.74) is 10.6. The first-order valence-corrected chi connectivity index (χ1v) is 14.6. The van der Waals surface area contributed by atoms with Crippen LogP contribution in [0.2, 0.25) is 0 Å². The topological polar surface area (TPSA) is 37.6 Å². The standard InChI is InChI=1S/C37H51N3/c1-24(38-32-26(34(3,4)5)18-15-19-27(32)35(6,7)8)30-22-17-23-31(40-30)25(2)39-33-28(36(9,10)11)20-16-21-29(33)37(12,13)14/h15-23H,1-14H3. The molecule has 0 aliphatic carbocycles. The minimum absolute atomic E-state index is 0.0237. The van der Waals surface area contributed by atoms with Gasteiger partial charge in [0.25, 0.3) is 0 Å². The summed E-state index contributed by atoms with van der Waals surface area (Å²) in [7, 11) is 0. The fraction of sp³-hybridized carbons (Fsp3) is 0.486. The van der Waals surface area contributed by atoms with Crippen LogP contribution in [0.4, 0.5) is 11.4 Å². The average Bonchev–Trinajstić information content (AvgIpc) is 2.81. The zero-order valence-electron chi connectivity index (χ0n) is 27.5. The Labute approximate surface area is 244 Å². The first-order valence-electron chi connectivity index (χ1n) is 14.6. The molecule has 40 heavy (non-hydrogen) atoms. The second kappa shape index (κ2) is 11.1. The van der Waals surface area contributed by atoms with Gasteiger partial charge >= 0.3 is 0 Å². The Morgan fingerprint density at radius 3 is 0.950 bits per heavy atom. The molecule has 214 valence electrons. The van der Waals surface area contributed by atoms with Crippen LogP contribution >= 0.6 is 0 Å². The molecular weight excluding hydrogens is 486 g/mol. The van der Waals surface area contributed by atoms with E-state index in [2.05, 4.69) is 152 Å². The molecule has 0 N–H and O–H groups in total. The van der Waals surface area contributed by atoms with Crippen molar-refractivity contribution >= 4 is 22.8 Å². The van der Waals surface area contributed by atoms with Gasteiger partial charge in [-0.1, -0.05) is 126 Å². The third-order valence-corrected chi connectivity index (χ3v) is 7.35. The normalized spacial score (nSPS) is 14.1. The van der Waals surface area contributed by atoms with Gasteiger partial charge in [0.15, 0.2) is 0 Å². The van der Waals surface area contributed by atoms with Crippen LogP contribution in [0.15, 0.2) is 64.6 Å². The summed E-state index contributed by atoms with van der Waals surface area (Å²) in [6.07, 6.45) is 0. The van der Waals surface area contributed by atoms with E-state index in [1.54, 1.807) is 0 Å². The predicted molar refractivity (Wildman–Crippen MR) is 176 cm³/mol. The molecule has 2 aromatic carbocycles. The molecule has 0 aliphatic heterocycles. The molecular formula is C37H51N3. The molecule has 3 heteroatoms. The molecule has 0 radical (unpaired) electrons. The first kappa shape index (κ1) is 31.5. The van der Waals surface area contributed by atoms with Crippen LogP contribution in [0.5, 0.6) is 0 Å². The van der Waals surface area contributed by atoms with Crippen molar-refractivity contribution in [2.75, 3.05) is 0 Å². The number of hydrogen-bond donors (Lipinski definition) is 0. The lowest BCUT2D eigenvalue weighted by molar-refractivity contribution is 0.570. The molecule has 0 saturated carbocycles. The highest BCUT2D eigenvalue weighted by molar-refractivity contribution is 6.02. The lowest BCUT2D eigenvalue weighted by atomic mass is 9.79. The van der Waals surface area contributed by atoms with Crippen molar-refractivity contribution in [3.8, 4) is 0 Å². The Morgan fingerprint density at radius 1 is 0.450 bits per heavy atom. The highest BCUT2D eigenvalue weighted by Gasteiger charge is 2.27. The number of pyridine rings is 1. The van der Waals surface area contributed by atoms with Gasteiger partial charge in [0, 0.05) is 0 Å². The van der Waals surface area contributed by atoms with Gasteiger partial charge in [-0.05, 0) is 69.9 Å². The second-order valence-electron chi connectivity index (χ2n) is 15.2. The maximum absolute atomic E-state index is 5.25. The fourth-order valence-corrected chi connectivity index (χ4v) is 5.04. The van der Waals surface area contributed by atoms with Gasteiger partial charge in [-0.3, -0.25) is 9.98 Å². The van der Waals surface area contributed by atoms with E-state index in [1.165, 1.54) is 22.3 Å². The van der Waals surface area contributed by atoms with Gasteiger partial charge in [0.2, 0.25) is 0 Å². The van der Waals surface area contributed by atoms with Gasteiger partial charge in [-0.15, -0.1) is 0 Å². The maximum Gasteiger partial charge on any atom is 0.0849 e. The monoisotopic (exact) mass is 537 g/mol. The van der Waals surface area contributed by atoms with Gasteiger partial charge in [-0.25, -0.2) is 4.98 Å². The summed E-state index contributed by atoms with van der Waals surface area (Å²) < 4.78 is 0. The highest BCUT2D eigenvalue weighted by atomic mass is 14.8. The Balaban J connectivity index is 2.17. The van der Waals surface area contributed by atoms with E-state index < -0.39 is 0 Å². The van der Waals surface area contributed by atoms with Crippen LogP contribution in [0.25, 0.3) is 0 Å². The molecule has 0 unspecified atom stereocenters. The molecule has 3 aromatic rings. The zero-order valence-corrected chi connectivity index (χ0v) is 27.5. The van der Waals surface area contributed by atoms with Crippen molar-refractivity contribution in [3.05, 3.63) is 88.2 Å². The Bertz CT molecular complexity index is 1250. The summed E-state index contributed by atoms with van der Waals surface area (Å²) >= 11 is 0. The number of aromatic nitrogens is 1. The third-order valence-electron chi connectivity index (χ3n) is 7.35. The summed E-state index contributed by atoms with van der Waals surface area (Å²) in [5.74, 6) is 0. The molecule has 0 atom stereocenters. The summed E-state index contributed by atoms with van der Waals surface area (Å²) in [5, 5.41) is 0. The van der Waals surface area contributed by atoms with E-state index in [4.69, 9.17) is 15.0 Å². The SMILES string of the molecule is CC(=Nc1c(C(C)(C)C)cccc1C(C)(C)C)c1cccc(C(C)=Nc2c(C(C)(C)C)cccc2C(C)(C)C)n1. The zero-order chi connectivity index (χ0) is 30.3. The summed E-state index contributed by atoms with van der Waals surface area (Å²) in [6, 6.07) is 19.3. The number of aliphatic imine (C=N–C) groups is 2. The second-order valence-corrected chi connectivity index (χ2v) is 15.2. The molecule has 1 heterocycles. The van der Waals surface area contributed by atoms with E-state index in [0.717, 1.165) is 34.2 Å². The predicted octanol–water partition coefficient (Wildman–Crippen LogP) is 10.6. The van der Waals surface area contributed by atoms with E-state index in [9.17, 15) is 0 Å². The Morgan fingerprint density at radius 2 is 0.700 bits per heavy atom. The highest BCUT2D eigenvalue weighted by Crippen LogP contribution is 2.41.